The summed E-state index contributed by atoms with van der Waals surface area (Å²) in [5.41, 5.74) is 1.12. The normalized spacial score (nSPS) is 15.5. The van der Waals surface area contributed by atoms with Crippen LogP contribution in [0.15, 0.2) is 24.0 Å². The first-order valence-electron chi connectivity index (χ1n) is 7.12. The molecule has 1 saturated heterocycles. The van der Waals surface area contributed by atoms with Crippen LogP contribution in [0.5, 0.6) is 0 Å². The van der Waals surface area contributed by atoms with Crippen LogP contribution in [-0.4, -0.2) is 51.8 Å². The molecular weight excluding hydrogens is 286 g/mol. The molecule has 0 saturated carbocycles. The van der Waals surface area contributed by atoms with Crippen molar-refractivity contribution in [3.05, 3.63) is 29.5 Å². The first-order valence-corrected chi connectivity index (χ1v) is 8.00. The summed E-state index contributed by atoms with van der Waals surface area (Å²) < 4.78 is 1.77. The fourth-order valence-corrected chi connectivity index (χ4v) is 3.23. The van der Waals surface area contributed by atoms with Crippen molar-refractivity contribution in [2.24, 2.45) is 7.05 Å². The minimum atomic E-state index is 0.234. The number of carbonyl (C=O) groups excluding carboxylic acids is 1. The van der Waals surface area contributed by atoms with Crippen molar-refractivity contribution < 1.29 is 4.79 Å². The van der Waals surface area contributed by atoms with E-state index in [0.717, 1.165) is 43.3 Å². The highest BCUT2D eigenvalue weighted by Crippen LogP contribution is 2.19. The summed E-state index contributed by atoms with van der Waals surface area (Å²) in [6.45, 7) is 3.30. The molecule has 0 unspecified atom stereocenters. The third-order valence-corrected chi connectivity index (χ3v) is 4.54. The Hall–Kier alpha value is -1.89. The average molecular weight is 305 g/mol. The predicted octanol–water partition coefficient (Wildman–Crippen LogP) is 1.16. The molecule has 0 N–H and O–H groups in total. The fourth-order valence-electron chi connectivity index (χ4n) is 2.53. The Labute approximate surface area is 128 Å². The molecule has 1 aliphatic rings. The topological polar surface area (TPSA) is 54.3 Å². The molecule has 2 aromatic heterocycles. The smallest absolute Gasteiger partial charge is 0.223 e. The zero-order chi connectivity index (χ0) is 14.7. The molecule has 112 valence electrons. The van der Waals surface area contributed by atoms with Crippen molar-refractivity contribution in [1.82, 2.24) is 19.7 Å². The van der Waals surface area contributed by atoms with Gasteiger partial charge in [-0.1, -0.05) is 0 Å². The maximum absolute atomic E-state index is 12.2. The molecule has 3 heterocycles. The maximum atomic E-state index is 12.2. The zero-order valence-electron chi connectivity index (χ0n) is 12.1. The SMILES string of the molecule is Cn1cc(CCC(=O)N2CCN(c3nccs3)CC2)cn1. The summed E-state index contributed by atoms with van der Waals surface area (Å²) in [7, 11) is 1.89. The number of amides is 1. The van der Waals surface area contributed by atoms with E-state index in [-0.39, 0.29) is 5.91 Å². The minimum absolute atomic E-state index is 0.234. The standard InChI is InChI=1S/C14H19N5OS/c1-17-11-12(10-16-17)2-3-13(20)18-5-7-19(8-6-18)14-15-4-9-21-14/h4,9-11H,2-3,5-8H2,1H3. The van der Waals surface area contributed by atoms with Crippen molar-refractivity contribution >= 4 is 22.4 Å². The number of aryl methyl sites for hydroxylation is 2. The molecule has 2 aromatic rings. The highest BCUT2D eigenvalue weighted by Gasteiger charge is 2.22. The number of anilines is 1. The van der Waals surface area contributed by atoms with Gasteiger partial charge in [-0.05, 0) is 12.0 Å². The van der Waals surface area contributed by atoms with E-state index in [2.05, 4.69) is 15.0 Å². The van der Waals surface area contributed by atoms with E-state index >= 15 is 0 Å². The molecule has 0 radical (unpaired) electrons. The Balaban J connectivity index is 1.46. The van der Waals surface area contributed by atoms with Gasteiger partial charge in [0.15, 0.2) is 5.13 Å². The highest BCUT2D eigenvalue weighted by atomic mass is 32.1. The van der Waals surface area contributed by atoms with Gasteiger partial charge in [0, 0.05) is 57.4 Å². The zero-order valence-corrected chi connectivity index (χ0v) is 12.9. The maximum Gasteiger partial charge on any atom is 0.223 e. The number of hydrogen-bond acceptors (Lipinski definition) is 5. The van der Waals surface area contributed by atoms with Gasteiger partial charge in [0.1, 0.15) is 0 Å². The Kier molecular flexibility index (Phi) is 4.19. The number of carbonyl (C=O) groups is 1. The summed E-state index contributed by atoms with van der Waals surface area (Å²) in [5.74, 6) is 0.234. The second-order valence-electron chi connectivity index (χ2n) is 5.20. The van der Waals surface area contributed by atoms with Crippen LogP contribution in [0.1, 0.15) is 12.0 Å². The lowest BCUT2D eigenvalue weighted by molar-refractivity contribution is -0.131. The van der Waals surface area contributed by atoms with Crippen molar-refractivity contribution in [2.75, 3.05) is 31.1 Å². The largest absolute Gasteiger partial charge is 0.345 e. The number of hydrogen-bond donors (Lipinski definition) is 0. The Morgan fingerprint density at radius 3 is 2.76 bits per heavy atom. The summed E-state index contributed by atoms with van der Waals surface area (Å²) in [5, 5.41) is 7.16. The van der Waals surface area contributed by atoms with Crippen molar-refractivity contribution in [2.45, 2.75) is 12.8 Å². The molecule has 1 fully saturated rings. The lowest BCUT2D eigenvalue weighted by atomic mass is 10.2. The molecule has 3 rings (SSSR count). The van der Waals surface area contributed by atoms with Crippen molar-refractivity contribution in [3.63, 3.8) is 0 Å². The molecule has 6 nitrogen and oxygen atoms in total. The molecule has 0 spiro atoms. The van der Waals surface area contributed by atoms with Gasteiger partial charge in [-0.15, -0.1) is 11.3 Å². The summed E-state index contributed by atoms with van der Waals surface area (Å²) in [4.78, 5) is 20.8. The van der Waals surface area contributed by atoms with Crippen LogP contribution in [0.4, 0.5) is 5.13 Å². The predicted molar refractivity (Wildman–Crippen MR) is 82.4 cm³/mol. The first-order chi connectivity index (χ1) is 10.2. The third-order valence-electron chi connectivity index (χ3n) is 3.71. The van der Waals surface area contributed by atoms with E-state index in [9.17, 15) is 4.79 Å². The lowest BCUT2D eigenvalue weighted by Gasteiger charge is -2.34. The van der Waals surface area contributed by atoms with Gasteiger partial charge in [-0.2, -0.15) is 5.10 Å². The molecule has 0 atom stereocenters. The van der Waals surface area contributed by atoms with Crippen LogP contribution < -0.4 is 4.90 Å². The van der Waals surface area contributed by atoms with Gasteiger partial charge in [-0.25, -0.2) is 4.98 Å². The van der Waals surface area contributed by atoms with Crippen molar-refractivity contribution in [3.8, 4) is 0 Å². The van der Waals surface area contributed by atoms with Gasteiger partial charge in [0.05, 0.1) is 6.20 Å². The van der Waals surface area contributed by atoms with Crippen LogP contribution >= 0.6 is 11.3 Å². The fraction of sp³-hybridized carbons (Fsp3) is 0.500. The van der Waals surface area contributed by atoms with Crippen LogP contribution in [0.3, 0.4) is 0 Å². The number of aromatic nitrogens is 3. The van der Waals surface area contributed by atoms with E-state index in [1.54, 1.807) is 16.0 Å². The molecular formula is C14H19N5OS. The summed E-state index contributed by atoms with van der Waals surface area (Å²) in [6.07, 6.45) is 6.94. The van der Waals surface area contributed by atoms with Crippen LogP contribution in [-0.2, 0) is 18.3 Å². The molecule has 1 aliphatic heterocycles. The van der Waals surface area contributed by atoms with Gasteiger partial charge in [0.2, 0.25) is 5.91 Å². The van der Waals surface area contributed by atoms with E-state index in [1.165, 1.54) is 0 Å². The Morgan fingerprint density at radius 2 is 2.14 bits per heavy atom. The summed E-state index contributed by atoms with van der Waals surface area (Å²) in [6, 6.07) is 0. The van der Waals surface area contributed by atoms with E-state index < -0.39 is 0 Å². The molecule has 7 heteroatoms. The number of thiazole rings is 1. The lowest BCUT2D eigenvalue weighted by Crippen LogP contribution is -2.48. The van der Waals surface area contributed by atoms with Gasteiger partial charge >= 0.3 is 0 Å². The van der Waals surface area contributed by atoms with Crippen LogP contribution in [0.25, 0.3) is 0 Å². The Bertz CT molecular complexity index is 586. The highest BCUT2D eigenvalue weighted by molar-refractivity contribution is 7.13. The number of piperazine rings is 1. The second-order valence-corrected chi connectivity index (χ2v) is 6.08. The second kappa shape index (κ2) is 6.26. The van der Waals surface area contributed by atoms with Gasteiger partial charge in [-0.3, -0.25) is 9.48 Å². The molecule has 0 aromatic carbocycles. The monoisotopic (exact) mass is 305 g/mol. The quantitative estimate of drug-likeness (QED) is 0.850. The molecule has 1 amide bonds. The minimum Gasteiger partial charge on any atom is -0.345 e. The van der Waals surface area contributed by atoms with E-state index in [0.29, 0.717) is 6.42 Å². The molecule has 0 aliphatic carbocycles. The number of rotatable bonds is 4. The van der Waals surface area contributed by atoms with Crippen LogP contribution in [0, 0.1) is 0 Å². The van der Waals surface area contributed by atoms with E-state index in [1.807, 2.05) is 35.9 Å². The molecule has 21 heavy (non-hydrogen) atoms. The Morgan fingerprint density at radius 1 is 1.33 bits per heavy atom. The summed E-state index contributed by atoms with van der Waals surface area (Å²) >= 11 is 1.65. The van der Waals surface area contributed by atoms with Gasteiger partial charge in [0.25, 0.3) is 0 Å². The number of nitrogens with zero attached hydrogens (tertiary/aromatic N) is 5. The third kappa shape index (κ3) is 3.41. The average Bonchev–Trinajstić information content (AvgIpc) is 3.16. The first kappa shape index (κ1) is 14.1. The van der Waals surface area contributed by atoms with E-state index in [4.69, 9.17) is 0 Å². The van der Waals surface area contributed by atoms with Crippen LogP contribution in [0.2, 0.25) is 0 Å². The van der Waals surface area contributed by atoms with Crippen molar-refractivity contribution in [1.29, 1.82) is 0 Å². The molecule has 0 bridgehead atoms. The van der Waals surface area contributed by atoms with Gasteiger partial charge < -0.3 is 9.80 Å².